The summed E-state index contributed by atoms with van der Waals surface area (Å²) in [6.07, 6.45) is 1.82. The average Bonchev–Trinajstić information content (AvgIpc) is 3.09. The van der Waals surface area contributed by atoms with E-state index in [-0.39, 0.29) is 5.91 Å². The molecule has 1 aliphatic heterocycles. The van der Waals surface area contributed by atoms with Crippen LogP contribution in [0.3, 0.4) is 0 Å². The number of nitrogens with zero attached hydrogens (tertiary/aromatic N) is 2. The predicted molar refractivity (Wildman–Crippen MR) is 138 cm³/mol. The van der Waals surface area contributed by atoms with Gasteiger partial charge in [-0.25, -0.2) is 4.99 Å². The minimum atomic E-state index is -0.117. The first-order valence-corrected chi connectivity index (χ1v) is 12.0. The SMILES string of the molecule is COc1ccc(CN2C(=O)C(=Cc3cc(Cl)c(OC)c(Br)c3)SC2=Nc2ccccc2)cc1. The molecule has 0 saturated carbocycles. The number of hydrogen-bond donors (Lipinski definition) is 0. The third-order valence-electron chi connectivity index (χ3n) is 4.89. The first-order valence-electron chi connectivity index (χ1n) is 9.99. The normalized spacial score (nSPS) is 16.0. The van der Waals surface area contributed by atoms with E-state index in [9.17, 15) is 4.79 Å². The highest BCUT2D eigenvalue weighted by molar-refractivity contribution is 9.10. The Morgan fingerprint density at radius 3 is 2.42 bits per heavy atom. The molecule has 0 bridgehead atoms. The lowest BCUT2D eigenvalue weighted by Crippen LogP contribution is -2.28. The quantitative estimate of drug-likeness (QED) is 0.317. The number of benzene rings is 3. The number of rotatable bonds is 6. The molecule has 0 N–H and O–H groups in total. The monoisotopic (exact) mass is 542 g/mol. The topological polar surface area (TPSA) is 51.1 Å². The first kappa shape index (κ1) is 23.4. The van der Waals surface area contributed by atoms with E-state index in [1.165, 1.54) is 11.8 Å². The largest absolute Gasteiger partial charge is 0.497 e. The van der Waals surface area contributed by atoms with Crippen LogP contribution in [0, 0.1) is 0 Å². The summed E-state index contributed by atoms with van der Waals surface area (Å²) in [6, 6.07) is 20.9. The molecule has 0 radical (unpaired) electrons. The van der Waals surface area contributed by atoms with E-state index in [2.05, 4.69) is 15.9 Å². The van der Waals surface area contributed by atoms with Crippen molar-refractivity contribution in [3.63, 3.8) is 0 Å². The van der Waals surface area contributed by atoms with Crippen LogP contribution in [-0.4, -0.2) is 30.2 Å². The van der Waals surface area contributed by atoms with Crippen molar-refractivity contribution < 1.29 is 14.3 Å². The van der Waals surface area contributed by atoms with Gasteiger partial charge in [0.2, 0.25) is 0 Å². The Morgan fingerprint density at radius 2 is 1.79 bits per heavy atom. The minimum absolute atomic E-state index is 0.117. The van der Waals surface area contributed by atoms with Gasteiger partial charge in [-0.15, -0.1) is 0 Å². The number of thioether (sulfide) groups is 1. The summed E-state index contributed by atoms with van der Waals surface area (Å²) in [7, 11) is 3.19. The molecule has 0 aromatic heterocycles. The summed E-state index contributed by atoms with van der Waals surface area (Å²) in [6.45, 7) is 0.395. The van der Waals surface area contributed by atoms with Gasteiger partial charge < -0.3 is 9.47 Å². The highest BCUT2D eigenvalue weighted by Crippen LogP contribution is 2.38. The molecule has 1 aliphatic rings. The third-order valence-corrected chi connectivity index (χ3v) is 6.77. The average molecular weight is 544 g/mol. The van der Waals surface area contributed by atoms with Crippen LogP contribution in [-0.2, 0) is 11.3 Å². The van der Waals surface area contributed by atoms with Crippen LogP contribution in [0.15, 0.2) is 81.1 Å². The maximum Gasteiger partial charge on any atom is 0.267 e. The molecule has 168 valence electrons. The number of ether oxygens (including phenoxy) is 2. The van der Waals surface area contributed by atoms with E-state index in [0.717, 1.165) is 22.6 Å². The first-order chi connectivity index (χ1) is 16.0. The maximum atomic E-state index is 13.4. The van der Waals surface area contributed by atoms with Crippen molar-refractivity contribution in [2.75, 3.05) is 14.2 Å². The molecule has 0 atom stereocenters. The van der Waals surface area contributed by atoms with Crippen molar-refractivity contribution in [3.05, 3.63) is 92.3 Å². The van der Waals surface area contributed by atoms with Crippen molar-refractivity contribution in [2.24, 2.45) is 4.99 Å². The van der Waals surface area contributed by atoms with Crippen LogP contribution >= 0.6 is 39.3 Å². The number of amidine groups is 1. The van der Waals surface area contributed by atoms with Crippen LogP contribution in [0.5, 0.6) is 11.5 Å². The second-order valence-electron chi connectivity index (χ2n) is 7.10. The zero-order chi connectivity index (χ0) is 23.4. The molecule has 5 nitrogen and oxygen atoms in total. The van der Waals surface area contributed by atoms with Gasteiger partial charge in [0.1, 0.15) is 5.75 Å². The Hall–Kier alpha value is -2.74. The zero-order valence-corrected chi connectivity index (χ0v) is 21.1. The molecular formula is C25H20BrClN2O3S. The molecular weight excluding hydrogens is 524 g/mol. The molecule has 4 rings (SSSR count). The fourth-order valence-corrected chi connectivity index (χ4v) is 5.32. The van der Waals surface area contributed by atoms with Gasteiger partial charge in [0, 0.05) is 0 Å². The molecule has 3 aromatic rings. The van der Waals surface area contributed by atoms with Crippen LogP contribution in [0.25, 0.3) is 6.08 Å². The second kappa shape index (κ2) is 10.5. The maximum absolute atomic E-state index is 13.4. The molecule has 3 aromatic carbocycles. The molecule has 1 saturated heterocycles. The summed E-state index contributed by atoms with van der Waals surface area (Å²) in [4.78, 5) is 20.4. The van der Waals surface area contributed by atoms with Crippen molar-refractivity contribution in [2.45, 2.75) is 6.54 Å². The fourth-order valence-electron chi connectivity index (χ4n) is 3.27. The van der Waals surface area contributed by atoms with E-state index in [4.69, 9.17) is 26.1 Å². The standard InChI is InChI=1S/C25H20BrClN2O3S/c1-31-19-10-8-16(9-11-19)15-29-24(30)22(33-25(29)28-18-6-4-3-5-7-18)14-17-12-20(26)23(32-2)21(27)13-17/h3-14H,15H2,1-2H3. The number of carbonyl (C=O) groups excluding carboxylic acids is 1. The molecule has 0 unspecified atom stereocenters. The highest BCUT2D eigenvalue weighted by Gasteiger charge is 2.33. The number of aliphatic imine (C=N–C) groups is 1. The molecule has 0 spiro atoms. The Labute approximate surface area is 210 Å². The fraction of sp³-hybridized carbons (Fsp3) is 0.120. The van der Waals surface area contributed by atoms with Crippen molar-refractivity contribution in [1.82, 2.24) is 4.90 Å². The van der Waals surface area contributed by atoms with E-state index >= 15 is 0 Å². The summed E-state index contributed by atoms with van der Waals surface area (Å²) < 4.78 is 11.3. The van der Waals surface area contributed by atoms with E-state index in [0.29, 0.717) is 31.9 Å². The third kappa shape index (κ3) is 5.43. The number of amides is 1. The molecule has 1 fully saturated rings. The Morgan fingerprint density at radius 1 is 1.06 bits per heavy atom. The van der Waals surface area contributed by atoms with Gasteiger partial charge in [0.05, 0.1) is 40.9 Å². The summed E-state index contributed by atoms with van der Waals surface area (Å²) in [5.41, 5.74) is 2.54. The predicted octanol–water partition coefficient (Wildman–Crippen LogP) is 6.92. The number of carbonyl (C=O) groups is 1. The number of halogens is 2. The van der Waals surface area contributed by atoms with Crippen LogP contribution < -0.4 is 9.47 Å². The minimum Gasteiger partial charge on any atom is -0.497 e. The lowest BCUT2D eigenvalue weighted by molar-refractivity contribution is -0.122. The second-order valence-corrected chi connectivity index (χ2v) is 9.37. The van der Waals surface area contributed by atoms with Crippen molar-refractivity contribution >= 4 is 62.1 Å². The zero-order valence-electron chi connectivity index (χ0n) is 17.9. The molecule has 1 heterocycles. The lowest BCUT2D eigenvalue weighted by atomic mass is 10.2. The van der Waals surface area contributed by atoms with Gasteiger partial charge >= 0.3 is 0 Å². The van der Waals surface area contributed by atoms with E-state index < -0.39 is 0 Å². The molecule has 0 aliphatic carbocycles. The number of para-hydroxylation sites is 1. The van der Waals surface area contributed by atoms with Crippen LogP contribution in [0.1, 0.15) is 11.1 Å². The highest BCUT2D eigenvalue weighted by atomic mass is 79.9. The van der Waals surface area contributed by atoms with Crippen LogP contribution in [0.4, 0.5) is 5.69 Å². The summed E-state index contributed by atoms with van der Waals surface area (Å²) in [5, 5.41) is 1.08. The van der Waals surface area contributed by atoms with Gasteiger partial charge in [-0.1, -0.05) is 41.9 Å². The Kier molecular flexibility index (Phi) is 7.42. The van der Waals surface area contributed by atoms with Crippen LogP contribution in [0.2, 0.25) is 5.02 Å². The summed E-state index contributed by atoms with van der Waals surface area (Å²) >= 11 is 11.1. The van der Waals surface area contributed by atoms with E-state index in [1.807, 2.05) is 66.7 Å². The smallest absolute Gasteiger partial charge is 0.267 e. The Balaban J connectivity index is 1.69. The molecule has 33 heavy (non-hydrogen) atoms. The summed E-state index contributed by atoms with van der Waals surface area (Å²) in [5.74, 6) is 1.20. The van der Waals surface area contributed by atoms with Gasteiger partial charge in [-0.2, -0.15) is 0 Å². The van der Waals surface area contributed by atoms with Gasteiger partial charge in [-0.3, -0.25) is 9.69 Å². The van der Waals surface area contributed by atoms with E-state index in [1.54, 1.807) is 25.2 Å². The lowest BCUT2D eigenvalue weighted by Gasteiger charge is -2.16. The van der Waals surface area contributed by atoms with Gasteiger partial charge in [0.25, 0.3) is 5.91 Å². The number of methoxy groups -OCH3 is 2. The molecule has 8 heteroatoms. The van der Waals surface area contributed by atoms with Gasteiger partial charge in [-0.05, 0) is 81.3 Å². The number of hydrogen-bond acceptors (Lipinski definition) is 5. The molecule has 1 amide bonds. The van der Waals surface area contributed by atoms with Gasteiger partial charge in [0.15, 0.2) is 10.9 Å². The van der Waals surface area contributed by atoms with Crippen molar-refractivity contribution in [3.8, 4) is 11.5 Å². The Bertz CT molecular complexity index is 1210. The van der Waals surface area contributed by atoms with Crippen molar-refractivity contribution in [1.29, 1.82) is 0 Å².